The lowest BCUT2D eigenvalue weighted by Crippen LogP contribution is -2.37. The maximum Gasteiger partial charge on any atom is 0.228 e. The lowest BCUT2D eigenvalue weighted by atomic mass is 10.1. The molecule has 1 N–H and O–H groups in total. The summed E-state index contributed by atoms with van der Waals surface area (Å²) in [7, 11) is 4.16. The first-order valence-corrected chi connectivity index (χ1v) is 7.85. The number of para-hydroxylation sites is 1. The van der Waals surface area contributed by atoms with Crippen LogP contribution in [0.5, 0.6) is 0 Å². The standard InChI is InChI=1S/C17H27N3O/c1-14-13-15-7-4-5-8-16(15)20(14)17(21)9-11-18-10-6-12-19(2)3/h4-5,7-8,14,18H,6,9-13H2,1-3H3. The van der Waals surface area contributed by atoms with E-state index >= 15 is 0 Å². The molecule has 116 valence electrons. The number of fused-ring (bicyclic) bond motifs is 1. The Bertz CT molecular complexity index is 473. The van der Waals surface area contributed by atoms with Crippen molar-refractivity contribution in [1.82, 2.24) is 10.2 Å². The molecule has 1 unspecified atom stereocenters. The second-order valence-corrected chi connectivity index (χ2v) is 6.10. The van der Waals surface area contributed by atoms with E-state index in [9.17, 15) is 4.79 Å². The molecule has 1 aromatic rings. The van der Waals surface area contributed by atoms with Gasteiger partial charge in [-0.3, -0.25) is 4.79 Å². The average molecular weight is 289 g/mol. The largest absolute Gasteiger partial charge is 0.316 e. The van der Waals surface area contributed by atoms with E-state index in [2.05, 4.69) is 43.4 Å². The first-order chi connectivity index (χ1) is 10.1. The number of benzene rings is 1. The van der Waals surface area contributed by atoms with Gasteiger partial charge in [-0.15, -0.1) is 0 Å². The number of hydrogen-bond donors (Lipinski definition) is 1. The lowest BCUT2D eigenvalue weighted by Gasteiger charge is -2.23. The van der Waals surface area contributed by atoms with Crippen LogP contribution in [0.2, 0.25) is 0 Å². The second kappa shape index (κ2) is 7.57. The van der Waals surface area contributed by atoms with Gasteiger partial charge in [0.1, 0.15) is 0 Å². The molecular formula is C17H27N3O. The molecule has 0 saturated heterocycles. The summed E-state index contributed by atoms with van der Waals surface area (Å²) in [6.07, 6.45) is 2.66. The van der Waals surface area contributed by atoms with Crippen LogP contribution in [0.4, 0.5) is 5.69 Å². The minimum atomic E-state index is 0.229. The normalized spacial score (nSPS) is 17.3. The van der Waals surface area contributed by atoms with Crippen molar-refractivity contribution in [3.63, 3.8) is 0 Å². The lowest BCUT2D eigenvalue weighted by molar-refractivity contribution is -0.118. The summed E-state index contributed by atoms with van der Waals surface area (Å²) in [5.41, 5.74) is 2.39. The summed E-state index contributed by atoms with van der Waals surface area (Å²) in [6.45, 7) is 4.94. The van der Waals surface area contributed by atoms with E-state index in [4.69, 9.17) is 0 Å². The summed E-state index contributed by atoms with van der Waals surface area (Å²) >= 11 is 0. The Balaban J connectivity index is 1.76. The highest BCUT2D eigenvalue weighted by atomic mass is 16.2. The first kappa shape index (κ1) is 16.0. The van der Waals surface area contributed by atoms with Crippen molar-refractivity contribution in [3.8, 4) is 0 Å². The van der Waals surface area contributed by atoms with Gasteiger partial charge < -0.3 is 15.1 Å². The second-order valence-electron chi connectivity index (χ2n) is 6.10. The predicted molar refractivity (Wildman–Crippen MR) is 87.8 cm³/mol. The monoisotopic (exact) mass is 289 g/mol. The molecule has 1 aromatic carbocycles. The van der Waals surface area contributed by atoms with Gasteiger partial charge in [0.15, 0.2) is 0 Å². The summed E-state index contributed by atoms with van der Waals surface area (Å²) in [6, 6.07) is 8.52. The molecule has 0 fully saturated rings. The molecule has 4 nitrogen and oxygen atoms in total. The van der Waals surface area contributed by atoms with Crippen molar-refractivity contribution < 1.29 is 4.79 Å². The molecule has 0 bridgehead atoms. The van der Waals surface area contributed by atoms with E-state index in [-0.39, 0.29) is 11.9 Å². The Morgan fingerprint density at radius 2 is 2.10 bits per heavy atom. The Labute approximate surface area is 128 Å². The van der Waals surface area contributed by atoms with E-state index in [1.165, 1.54) is 5.56 Å². The van der Waals surface area contributed by atoms with Crippen molar-refractivity contribution in [2.75, 3.05) is 38.6 Å². The zero-order chi connectivity index (χ0) is 15.2. The van der Waals surface area contributed by atoms with Gasteiger partial charge in [-0.2, -0.15) is 0 Å². The van der Waals surface area contributed by atoms with Gasteiger partial charge in [-0.05, 0) is 58.6 Å². The summed E-state index contributed by atoms with van der Waals surface area (Å²) < 4.78 is 0. The highest BCUT2D eigenvalue weighted by molar-refractivity contribution is 5.96. The molecule has 0 radical (unpaired) electrons. The predicted octanol–water partition coefficient (Wildman–Crippen LogP) is 1.90. The fourth-order valence-corrected chi connectivity index (χ4v) is 2.91. The third kappa shape index (κ3) is 4.29. The van der Waals surface area contributed by atoms with E-state index in [0.717, 1.165) is 38.2 Å². The van der Waals surface area contributed by atoms with Gasteiger partial charge in [0.05, 0.1) is 0 Å². The maximum atomic E-state index is 12.4. The van der Waals surface area contributed by atoms with Crippen LogP contribution in [0.15, 0.2) is 24.3 Å². The van der Waals surface area contributed by atoms with E-state index in [1.807, 2.05) is 17.0 Å². The molecule has 1 amide bonds. The Hall–Kier alpha value is -1.39. The van der Waals surface area contributed by atoms with Crippen molar-refractivity contribution >= 4 is 11.6 Å². The minimum absolute atomic E-state index is 0.229. The van der Waals surface area contributed by atoms with Gasteiger partial charge in [0.25, 0.3) is 0 Å². The number of amides is 1. The van der Waals surface area contributed by atoms with Crippen molar-refractivity contribution in [2.45, 2.75) is 32.2 Å². The van der Waals surface area contributed by atoms with Crippen LogP contribution in [0.3, 0.4) is 0 Å². The van der Waals surface area contributed by atoms with Crippen molar-refractivity contribution in [2.24, 2.45) is 0 Å². The van der Waals surface area contributed by atoms with Crippen molar-refractivity contribution in [3.05, 3.63) is 29.8 Å². The topological polar surface area (TPSA) is 35.6 Å². The van der Waals surface area contributed by atoms with Crippen LogP contribution in [0.25, 0.3) is 0 Å². The maximum absolute atomic E-state index is 12.4. The molecule has 0 aliphatic carbocycles. The molecule has 0 aromatic heterocycles. The van der Waals surface area contributed by atoms with Gasteiger partial charge in [-0.1, -0.05) is 18.2 Å². The fraction of sp³-hybridized carbons (Fsp3) is 0.588. The summed E-state index contributed by atoms with van der Waals surface area (Å²) in [4.78, 5) is 16.6. The van der Waals surface area contributed by atoms with E-state index < -0.39 is 0 Å². The van der Waals surface area contributed by atoms with E-state index in [1.54, 1.807) is 0 Å². The molecule has 4 heteroatoms. The van der Waals surface area contributed by atoms with Gasteiger partial charge >= 0.3 is 0 Å². The van der Waals surface area contributed by atoms with Gasteiger partial charge in [0.2, 0.25) is 5.91 Å². The van der Waals surface area contributed by atoms with Crippen LogP contribution in [0.1, 0.15) is 25.3 Å². The summed E-state index contributed by atoms with van der Waals surface area (Å²) in [5.74, 6) is 0.229. The first-order valence-electron chi connectivity index (χ1n) is 7.85. The average Bonchev–Trinajstić information content (AvgIpc) is 2.78. The number of hydrogen-bond acceptors (Lipinski definition) is 3. The molecule has 1 heterocycles. The highest BCUT2D eigenvalue weighted by Crippen LogP contribution is 2.32. The smallest absolute Gasteiger partial charge is 0.228 e. The number of carbonyl (C=O) groups is 1. The zero-order valence-corrected chi connectivity index (χ0v) is 13.4. The molecule has 1 atom stereocenters. The quantitative estimate of drug-likeness (QED) is 0.779. The van der Waals surface area contributed by atoms with E-state index in [0.29, 0.717) is 6.42 Å². The Morgan fingerprint density at radius 1 is 1.33 bits per heavy atom. The molecule has 1 aliphatic rings. The van der Waals surface area contributed by atoms with Crippen LogP contribution in [-0.2, 0) is 11.2 Å². The fourth-order valence-electron chi connectivity index (χ4n) is 2.91. The molecule has 0 spiro atoms. The zero-order valence-electron chi connectivity index (χ0n) is 13.4. The number of carbonyl (C=O) groups excluding carboxylic acids is 1. The molecule has 0 saturated carbocycles. The number of rotatable bonds is 7. The molecule has 1 aliphatic heterocycles. The number of nitrogens with one attached hydrogen (secondary N) is 1. The Morgan fingerprint density at radius 3 is 2.86 bits per heavy atom. The third-order valence-corrected chi connectivity index (χ3v) is 3.95. The molecule has 21 heavy (non-hydrogen) atoms. The minimum Gasteiger partial charge on any atom is -0.316 e. The third-order valence-electron chi connectivity index (χ3n) is 3.95. The Kier molecular flexibility index (Phi) is 5.76. The molecule has 2 rings (SSSR count). The number of nitrogens with zero attached hydrogens (tertiary/aromatic N) is 2. The molecular weight excluding hydrogens is 262 g/mol. The summed E-state index contributed by atoms with van der Waals surface area (Å²) in [5, 5.41) is 3.36. The van der Waals surface area contributed by atoms with Crippen LogP contribution in [-0.4, -0.2) is 50.6 Å². The van der Waals surface area contributed by atoms with Crippen LogP contribution >= 0.6 is 0 Å². The SMILES string of the molecule is CC1Cc2ccccc2N1C(=O)CCNCCCN(C)C. The van der Waals surface area contributed by atoms with Crippen LogP contribution < -0.4 is 10.2 Å². The van der Waals surface area contributed by atoms with Gasteiger partial charge in [-0.25, -0.2) is 0 Å². The highest BCUT2D eigenvalue weighted by Gasteiger charge is 2.29. The van der Waals surface area contributed by atoms with Crippen molar-refractivity contribution in [1.29, 1.82) is 0 Å². The van der Waals surface area contributed by atoms with Gasteiger partial charge in [0, 0.05) is 24.7 Å². The number of anilines is 1. The van der Waals surface area contributed by atoms with Crippen LogP contribution in [0, 0.1) is 0 Å².